The summed E-state index contributed by atoms with van der Waals surface area (Å²) in [7, 11) is 0. The molecule has 5 aromatic rings. The van der Waals surface area contributed by atoms with E-state index in [1.54, 1.807) is 41.1 Å². The first-order valence-electron chi connectivity index (χ1n) is 11.4. The Morgan fingerprint density at radius 1 is 0.946 bits per heavy atom. The third-order valence-corrected chi connectivity index (χ3v) is 6.20. The van der Waals surface area contributed by atoms with E-state index in [2.05, 4.69) is 10.5 Å². The molecule has 0 saturated heterocycles. The maximum Gasteiger partial charge on any atom is 0.336 e. The van der Waals surface area contributed by atoms with Crippen molar-refractivity contribution in [1.29, 1.82) is 0 Å². The van der Waals surface area contributed by atoms with Crippen LogP contribution in [-0.2, 0) is 0 Å². The largest absolute Gasteiger partial charge is 0.478 e. The van der Waals surface area contributed by atoms with Crippen LogP contribution >= 0.6 is 11.6 Å². The number of para-hydroxylation sites is 1. The zero-order valence-electron chi connectivity index (χ0n) is 19.9. The second-order valence-electron chi connectivity index (χ2n) is 8.34. The fourth-order valence-electron chi connectivity index (χ4n) is 4.29. The number of halogens is 1. The van der Waals surface area contributed by atoms with Gasteiger partial charge >= 0.3 is 5.97 Å². The molecule has 2 aromatic heterocycles. The van der Waals surface area contributed by atoms with Crippen molar-refractivity contribution in [2.24, 2.45) is 0 Å². The lowest BCUT2D eigenvalue weighted by Gasteiger charge is -2.10. The maximum absolute atomic E-state index is 13.0. The molecule has 184 valence electrons. The molecule has 0 atom stereocenters. The van der Waals surface area contributed by atoms with Gasteiger partial charge in [-0.1, -0.05) is 59.2 Å². The van der Waals surface area contributed by atoms with E-state index < -0.39 is 11.9 Å². The number of amides is 1. The zero-order valence-corrected chi connectivity index (χ0v) is 20.7. The first kappa shape index (κ1) is 24.0. The number of anilines is 1. The number of hydrogen-bond donors (Lipinski definition) is 2. The van der Waals surface area contributed by atoms with Gasteiger partial charge in [0.25, 0.3) is 5.91 Å². The van der Waals surface area contributed by atoms with Crippen molar-refractivity contribution < 1.29 is 19.2 Å². The number of carbonyl (C=O) groups is 2. The number of hydrogen-bond acceptors (Lipinski definition) is 5. The van der Waals surface area contributed by atoms with Crippen molar-refractivity contribution in [3.8, 4) is 28.1 Å². The number of carboxylic acid groups (broad SMARTS) is 1. The number of aromatic carboxylic acids is 1. The fourth-order valence-corrected chi connectivity index (χ4v) is 4.48. The molecule has 5 rings (SSSR count). The molecule has 3 aromatic carbocycles. The van der Waals surface area contributed by atoms with E-state index in [0.717, 1.165) is 11.4 Å². The van der Waals surface area contributed by atoms with Gasteiger partial charge in [0.2, 0.25) is 5.88 Å². The van der Waals surface area contributed by atoms with Gasteiger partial charge in [-0.05, 0) is 50.2 Å². The second kappa shape index (κ2) is 9.75. The van der Waals surface area contributed by atoms with Crippen LogP contribution in [0.5, 0.6) is 0 Å². The van der Waals surface area contributed by atoms with E-state index in [9.17, 15) is 14.7 Å². The topological polar surface area (TPSA) is 110 Å². The van der Waals surface area contributed by atoms with Crippen LogP contribution < -0.4 is 5.32 Å². The van der Waals surface area contributed by atoms with Gasteiger partial charge in [-0.25, -0.2) is 9.48 Å². The van der Waals surface area contributed by atoms with Gasteiger partial charge in [0, 0.05) is 21.7 Å². The molecule has 37 heavy (non-hydrogen) atoms. The van der Waals surface area contributed by atoms with Crippen molar-refractivity contribution >= 4 is 29.4 Å². The van der Waals surface area contributed by atoms with E-state index in [4.69, 9.17) is 21.2 Å². The van der Waals surface area contributed by atoms with E-state index in [0.29, 0.717) is 38.7 Å². The summed E-state index contributed by atoms with van der Waals surface area (Å²) in [5.74, 6) is -1.59. The van der Waals surface area contributed by atoms with E-state index in [-0.39, 0.29) is 11.4 Å². The minimum atomic E-state index is -1.12. The number of carbonyl (C=O) groups excluding carboxylic acids is 1. The van der Waals surface area contributed by atoms with Crippen molar-refractivity contribution in [1.82, 2.24) is 14.9 Å². The predicted molar refractivity (Wildman–Crippen MR) is 140 cm³/mol. The van der Waals surface area contributed by atoms with Gasteiger partial charge in [0.1, 0.15) is 5.69 Å². The van der Waals surface area contributed by atoms with Gasteiger partial charge in [0.05, 0.1) is 28.2 Å². The van der Waals surface area contributed by atoms with Gasteiger partial charge < -0.3 is 9.63 Å². The molecule has 8 nitrogen and oxygen atoms in total. The zero-order chi connectivity index (χ0) is 26.1. The lowest BCUT2D eigenvalue weighted by molar-refractivity contribution is 0.0697. The van der Waals surface area contributed by atoms with Crippen LogP contribution in [0.15, 0.2) is 83.4 Å². The molecule has 0 unspecified atom stereocenters. The molecule has 0 aliphatic carbocycles. The Morgan fingerprint density at radius 2 is 1.68 bits per heavy atom. The van der Waals surface area contributed by atoms with Crippen molar-refractivity contribution in [3.63, 3.8) is 0 Å². The van der Waals surface area contributed by atoms with Crippen LogP contribution in [0.2, 0.25) is 5.02 Å². The predicted octanol–water partition coefficient (Wildman–Crippen LogP) is 6.42. The average Bonchev–Trinajstić information content (AvgIpc) is 3.43. The summed E-state index contributed by atoms with van der Waals surface area (Å²) in [5.41, 5.74) is 4.38. The third-order valence-electron chi connectivity index (χ3n) is 5.96. The standard InChI is InChI=1S/C28H21ClN4O4/c1-16-23(17(2)33(31-16)20-11-4-3-5-12-20)25-24(21-13-6-7-14-22(21)28(35)36)27(37-32-25)30-26(34)18-9-8-10-19(29)15-18/h3-15H,1-2H3,(H,30,34)(H,35,36). The van der Waals surface area contributed by atoms with Crippen molar-refractivity contribution in [2.75, 3.05) is 5.32 Å². The molecule has 9 heteroatoms. The highest BCUT2D eigenvalue weighted by Crippen LogP contribution is 2.42. The Bertz CT molecular complexity index is 1640. The lowest BCUT2D eigenvalue weighted by Crippen LogP contribution is -2.12. The molecule has 0 saturated carbocycles. The van der Waals surface area contributed by atoms with Crippen LogP contribution in [0.1, 0.15) is 32.1 Å². The highest BCUT2D eigenvalue weighted by atomic mass is 35.5. The molecule has 0 radical (unpaired) electrons. The number of nitrogens with zero attached hydrogens (tertiary/aromatic N) is 3. The number of nitrogens with one attached hydrogen (secondary N) is 1. The number of benzene rings is 3. The minimum absolute atomic E-state index is 0.0138. The Kier molecular flexibility index (Phi) is 6.33. The van der Waals surface area contributed by atoms with Crippen LogP contribution in [0.3, 0.4) is 0 Å². The molecular weight excluding hydrogens is 492 g/mol. The Balaban J connectivity index is 1.70. The monoisotopic (exact) mass is 512 g/mol. The Hall–Kier alpha value is -4.69. The number of carboxylic acids is 1. The highest BCUT2D eigenvalue weighted by molar-refractivity contribution is 6.31. The van der Waals surface area contributed by atoms with Gasteiger partial charge in [-0.2, -0.15) is 5.10 Å². The Labute approximate surface area is 217 Å². The summed E-state index contributed by atoms with van der Waals surface area (Å²) in [6.45, 7) is 3.74. The van der Waals surface area contributed by atoms with Crippen molar-refractivity contribution in [2.45, 2.75) is 13.8 Å². The van der Waals surface area contributed by atoms with Gasteiger partial charge in [-0.15, -0.1) is 0 Å². The highest BCUT2D eigenvalue weighted by Gasteiger charge is 2.28. The average molecular weight is 513 g/mol. The fraction of sp³-hybridized carbons (Fsp3) is 0.0714. The quantitative estimate of drug-likeness (QED) is 0.272. The number of aromatic nitrogens is 3. The molecule has 0 fully saturated rings. The second-order valence-corrected chi connectivity index (χ2v) is 8.78. The first-order chi connectivity index (χ1) is 17.8. The molecule has 0 aliphatic rings. The molecule has 0 aliphatic heterocycles. The summed E-state index contributed by atoms with van der Waals surface area (Å²) in [4.78, 5) is 25.2. The van der Waals surface area contributed by atoms with Crippen molar-refractivity contribution in [3.05, 3.63) is 106 Å². The third kappa shape index (κ3) is 4.50. The minimum Gasteiger partial charge on any atom is -0.478 e. The molecule has 0 spiro atoms. The molecular formula is C28H21ClN4O4. The summed E-state index contributed by atoms with van der Waals surface area (Å²) < 4.78 is 7.43. The normalized spacial score (nSPS) is 10.9. The number of aryl methyl sites for hydroxylation is 1. The molecule has 1 amide bonds. The lowest BCUT2D eigenvalue weighted by atomic mass is 9.95. The number of rotatable bonds is 6. The van der Waals surface area contributed by atoms with Gasteiger partial charge in [0.15, 0.2) is 0 Å². The van der Waals surface area contributed by atoms with Crippen LogP contribution in [0.4, 0.5) is 5.88 Å². The molecule has 0 bridgehead atoms. The smallest absolute Gasteiger partial charge is 0.336 e. The van der Waals surface area contributed by atoms with Crippen LogP contribution in [0.25, 0.3) is 28.1 Å². The summed E-state index contributed by atoms with van der Waals surface area (Å²) >= 11 is 6.06. The molecule has 2 N–H and O–H groups in total. The molecule has 2 heterocycles. The maximum atomic E-state index is 13.0. The first-order valence-corrected chi connectivity index (χ1v) is 11.7. The SMILES string of the molecule is Cc1nn(-c2ccccc2)c(C)c1-c1noc(NC(=O)c2cccc(Cl)c2)c1-c1ccccc1C(=O)O. The van der Waals surface area contributed by atoms with E-state index in [1.165, 1.54) is 12.1 Å². The van der Waals surface area contributed by atoms with E-state index in [1.807, 2.05) is 44.2 Å². The van der Waals surface area contributed by atoms with Gasteiger partial charge in [-0.3, -0.25) is 10.1 Å². The van der Waals surface area contributed by atoms with E-state index >= 15 is 0 Å². The Morgan fingerprint density at radius 3 is 2.41 bits per heavy atom. The van der Waals surface area contributed by atoms with Crippen LogP contribution in [0, 0.1) is 13.8 Å². The summed E-state index contributed by atoms with van der Waals surface area (Å²) in [5, 5.41) is 22.0. The van der Waals surface area contributed by atoms with Crippen LogP contribution in [-0.4, -0.2) is 31.9 Å². The summed E-state index contributed by atoms with van der Waals surface area (Å²) in [6.07, 6.45) is 0. The summed E-state index contributed by atoms with van der Waals surface area (Å²) in [6, 6.07) is 22.6.